The maximum Gasteiger partial charge on any atom is 0.317 e. The SMILES string of the molecule is CCC(O)CNCCNC(=O)C(CCS(=O)(=O)O)N(CC(=O)O)CC(=O)O. The third-order valence-electron chi connectivity index (χ3n) is 3.52. The summed E-state index contributed by atoms with van der Waals surface area (Å²) in [6.45, 7) is 0.890. The van der Waals surface area contributed by atoms with Crippen LogP contribution < -0.4 is 10.6 Å². The Kier molecular flexibility index (Phi) is 11.7. The van der Waals surface area contributed by atoms with Crippen molar-refractivity contribution in [3.05, 3.63) is 0 Å². The monoisotopic (exact) mass is 413 g/mol. The van der Waals surface area contributed by atoms with E-state index >= 15 is 0 Å². The lowest BCUT2D eigenvalue weighted by atomic mass is 10.1. The number of rotatable bonds is 15. The Morgan fingerprint density at radius 1 is 1.07 bits per heavy atom. The van der Waals surface area contributed by atoms with Crippen molar-refractivity contribution in [2.75, 3.05) is 38.5 Å². The van der Waals surface area contributed by atoms with Gasteiger partial charge in [0.2, 0.25) is 5.91 Å². The predicted molar refractivity (Wildman–Crippen MR) is 93.8 cm³/mol. The van der Waals surface area contributed by atoms with Gasteiger partial charge in [-0.25, -0.2) is 0 Å². The first-order chi connectivity index (χ1) is 12.5. The Hall–Kier alpha value is -1.80. The van der Waals surface area contributed by atoms with Crippen molar-refractivity contribution in [3.8, 4) is 0 Å². The maximum absolute atomic E-state index is 12.3. The molecule has 0 aliphatic heterocycles. The van der Waals surface area contributed by atoms with E-state index in [2.05, 4.69) is 10.6 Å². The number of carboxylic acid groups (broad SMARTS) is 2. The van der Waals surface area contributed by atoms with E-state index in [0.29, 0.717) is 13.0 Å². The summed E-state index contributed by atoms with van der Waals surface area (Å²) in [7, 11) is -4.43. The van der Waals surface area contributed by atoms with Crippen LogP contribution in [0.25, 0.3) is 0 Å². The third kappa shape index (κ3) is 13.1. The smallest absolute Gasteiger partial charge is 0.317 e. The minimum Gasteiger partial charge on any atom is -0.480 e. The van der Waals surface area contributed by atoms with Crippen LogP contribution in [-0.2, 0) is 24.5 Å². The average Bonchev–Trinajstić information content (AvgIpc) is 2.52. The zero-order chi connectivity index (χ0) is 21.0. The summed E-state index contributed by atoms with van der Waals surface area (Å²) in [5.74, 6) is -4.38. The minimum atomic E-state index is -4.43. The Morgan fingerprint density at radius 3 is 2.07 bits per heavy atom. The van der Waals surface area contributed by atoms with Gasteiger partial charge in [0, 0.05) is 19.6 Å². The molecule has 0 aliphatic rings. The summed E-state index contributed by atoms with van der Waals surface area (Å²) >= 11 is 0. The molecule has 0 radical (unpaired) electrons. The molecule has 27 heavy (non-hydrogen) atoms. The van der Waals surface area contributed by atoms with Crippen LogP contribution in [0.1, 0.15) is 19.8 Å². The highest BCUT2D eigenvalue weighted by atomic mass is 32.2. The van der Waals surface area contributed by atoms with Crippen LogP contribution in [0.15, 0.2) is 0 Å². The van der Waals surface area contributed by atoms with Gasteiger partial charge >= 0.3 is 11.9 Å². The maximum atomic E-state index is 12.3. The highest BCUT2D eigenvalue weighted by Crippen LogP contribution is 2.07. The lowest BCUT2D eigenvalue weighted by molar-refractivity contribution is -0.144. The molecule has 12 nitrogen and oxygen atoms in total. The van der Waals surface area contributed by atoms with Gasteiger partial charge in [0.15, 0.2) is 0 Å². The fourth-order valence-electron chi connectivity index (χ4n) is 2.17. The van der Waals surface area contributed by atoms with E-state index in [1.165, 1.54) is 0 Å². The van der Waals surface area contributed by atoms with Crippen molar-refractivity contribution in [1.29, 1.82) is 0 Å². The van der Waals surface area contributed by atoms with Crippen molar-refractivity contribution in [2.24, 2.45) is 0 Å². The van der Waals surface area contributed by atoms with E-state index in [4.69, 9.17) is 14.8 Å². The number of carbonyl (C=O) groups excluding carboxylic acids is 1. The molecule has 13 heteroatoms. The summed E-state index contributed by atoms with van der Waals surface area (Å²) in [6, 6.07) is -1.37. The molecule has 0 heterocycles. The van der Waals surface area contributed by atoms with Gasteiger partial charge in [-0.3, -0.25) is 23.8 Å². The number of nitrogens with one attached hydrogen (secondary N) is 2. The average molecular weight is 413 g/mol. The second-order valence-corrected chi connectivity index (χ2v) is 7.41. The first-order valence-corrected chi connectivity index (χ1v) is 9.86. The fraction of sp³-hybridized carbons (Fsp3) is 0.786. The second kappa shape index (κ2) is 12.6. The zero-order valence-electron chi connectivity index (χ0n) is 15.0. The molecule has 0 aromatic heterocycles. The molecular formula is C14H27N3O9S. The quantitative estimate of drug-likeness (QED) is 0.124. The molecule has 0 aromatic carbocycles. The molecule has 0 aliphatic carbocycles. The Labute approximate surface area is 157 Å². The van der Waals surface area contributed by atoms with Crippen LogP contribution in [0, 0.1) is 0 Å². The fourth-order valence-corrected chi connectivity index (χ4v) is 2.69. The molecule has 0 fully saturated rings. The van der Waals surface area contributed by atoms with Crippen molar-refractivity contribution in [1.82, 2.24) is 15.5 Å². The van der Waals surface area contributed by atoms with Gasteiger partial charge in [-0.15, -0.1) is 0 Å². The van der Waals surface area contributed by atoms with Gasteiger partial charge in [0.1, 0.15) is 0 Å². The van der Waals surface area contributed by atoms with Crippen LogP contribution in [0.4, 0.5) is 0 Å². The molecule has 1 amide bonds. The predicted octanol–water partition coefficient (Wildman–Crippen LogP) is -2.42. The van der Waals surface area contributed by atoms with E-state index in [-0.39, 0.29) is 13.1 Å². The summed E-state index contributed by atoms with van der Waals surface area (Å²) < 4.78 is 30.8. The molecule has 0 saturated carbocycles. The number of nitrogens with zero attached hydrogens (tertiary/aromatic N) is 1. The normalized spacial score (nSPS) is 13.9. The minimum absolute atomic E-state index is 0.0889. The van der Waals surface area contributed by atoms with Crippen molar-refractivity contribution < 1.29 is 42.7 Å². The molecule has 2 atom stereocenters. The largest absolute Gasteiger partial charge is 0.480 e. The van der Waals surface area contributed by atoms with E-state index < -0.39 is 65.4 Å². The first-order valence-electron chi connectivity index (χ1n) is 8.25. The summed E-state index contributed by atoms with van der Waals surface area (Å²) in [5, 5.41) is 32.5. The molecule has 0 saturated heterocycles. The van der Waals surface area contributed by atoms with Gasteiger partial charge in [-0.05, 0) is 12.8 Å². The Bertz CT molecular complexity index is 581. The number of amides is 1. The van der Waals surface area contributed by atoms with E-state index in [9.17, 15) is 27.9 Å². The van der Waals surface area contributed by atoms with Crippen molar-refractivity contribution >= 4 is 28.0 Å². The summed E-state index contributed by atoms with van der Waals surface area (Å²) in [6.07, 6.45) is -0.464. The number of aliphatic carboxylic acids is 2. The number of carboxylic acids is 2. The zero-order valence-corrected chi connectivity index (χ0v) is 15.8. The standard InChI is InChI=1S/C14H27N3O9S/c1-2-10(18)7-15-4-5-16-14(23)11(3-6-27(24,25)26)17(8-12(19)20)9-13(21)22/h10-11,15,18H,2-9H2,1H3,(H,16,23)(H,19,20)(H,21,22)(H,24,25,26). The van der Waals surface area contributed by atoms with Crippen LogP contribution >= 0.6 is 0 Å². The highest BCUT2D eigenvalue weighted by Gasteiger charge is 2.30. The summed E-state index contributed by atoms with van der Waals surface area (Å²) in [4.78, 5) is 35.0. The van der Waals surface area contributed by atoms with Gasteiger partial charge in [0.25, 0.3) is 10.1 Å². The third-order valence-corrected chi connectivity index (χ3v) is 4.27. The first kappa shape index (κ1) is 25.2. The summed E-state index contributed by atoms with van der Waals surface area (Å²) in [5.41, 5.74) is 0. The Balaban J connectivity index is 4.95. The molecule has 0 aromatic rings. The molecule has 0 rings (SSSR count). The number of hydrogen-bond acceptors (Lipinski definition) is 8. The van der Waals surface area contributed by atoms with Crippen molar-refractivity contribution in [2.45, 2.75) is 31.9 Å². The molecule has 0 bridgehead atoms. The van der Waals surface area contributed by atoms with Crippen LogP contribution in [0.3, 0.4) is 0 Å². The Morgan fingerprint density at radius 2 is 1.63 bits per heavy atom. The van der Waals surface area contributed by atoms with Gasteiger partial charge < -0.3 is 26.0 Å². The van der Waals surface area contributed by atoms with Gasteiger partial charge in [-0.1, -0.05) is 6.92 Å². The molecule has 6 N–H and O–H groups in total. The van der Waals surface area contributed by atoms with Crippen molar-refractivity contribution in [3.63, 3.8) is 0 Å². The molecule has 158 valence electrons. The molecule has 0 spiro atoms. The lowest BCUT2D eigenvalue weighted by Gasteiger charge is -2.27. The molecule has 2 unspecified atom stereocenters. The number of aliphatic hydroxyl groups excluding tert-OH is 1. The molecular weight excluding hydrogens is 386 g/mol. The van der Waals surface area contributed by atoms with E-state index in [1.807, 2.05) is 0 Å². The number of carbonyl (C=O) groups is 3. The van der Waals surface area contributed by atoms with Crippen LogP contribution in [0.5, 0.6) is 0 Å². The topological polar surface area (TPSA) is 194 Å². The number of hydrogen-bond donors (Lipinski definition) is 6. The van der Waals surface area contributed by atoms with E-state index in [1.54, 1.807) is 6.92 Å². The second-order valence-electron chi connectivity index (χ2n) is 5.84. The van der Waals surface area contributed by atoms with Gasteiger partial charge in [-0.2, -0.15) is 8.42 Å². The van der Waals surface area contributed by atoms with Crippen LogP contribution in [-0.4, -0.2) is 102 Å². The van der Waals surface area contributed by atoms with Crippen LogP contribution in [0.2, 0.25) is 0 Å². The highest BCUT2D eigenvalue weighted by molar-refractivity contribution is 7.85. The van der Waals surface area contributed by atoms with E-state index in [0.717, 1.165) is 4.90 Å². The lowest BCUT2D eigenvalue weighted by Crippen LogP contribution is -2.52. The van der Waals surface area contributed by atoms with Gasteiger partial charge in [0.05, 0.1) is 31.0 Å². The number of aliphatic hydroxyl groups is 1.